The van der Waals surface area contributed by atoms with E-state index in [9.17, 15) is 4.79 Å². The summed E-state index contributed by atoms with van der Waals surface area (Å²) in [7, 11) is 1.39. The van der Waals surface area contributed by atoms with Gasteiger partial charge in [-0.05, 0) is 37.6 Å². The van der Waals surface area contributed by atoms with Gasteiger partial charge in [-0.2, -0.15) is 0 Å². The molecule has 0 saturated heterocycles. The molecular weight excluding hydrogens is 238 g/mol. The highest BCUT2D eigenvalue weighted by atomic mass is 35.5. The van der Waals surface area contributed by atoms with Crippen LogP contribution in [0, 0.1) is 0 Å². The Balaban J connectivity index is 3.04. The highest BCUT2D eigenvalue weighted by Gasteiger charge is 2.35. The average Bonchev–Trinajstić information content (AvgIpc) is 2.35. The standard InChI is InChI=1S/C13H18ClNO2/c1-4-9-15-13(2,12(16)17-3)10-5-7-11(14)8-6-10/h5-8,15H,4,9H2,1-3H3. The third kappa shape index (κ3) is 3.20. The Labute approximate surface area is 107 Å². The molecule has 3 nitrogen and oxygen atoms in total. The number of nitrogens with one attached hydrogen (secondary N) is 1. The number of rotatable bonds is 5. The number of hydrogen-bond acceptors (Lipinski definition) is 3. The summed E-state index contributed by atoms with van der Waals surface area (Å²) in [5, 5.41) is 3.86. The predicted octanol–water partition coefficient (Wildman–Crippen LogP) is 2.73. The smallest absolute Gasteiger partial charge is 0.330 e. The molecule has 0 radical (unpaired) electrons. The minimum absolute atomic E-state index is 0.298. The van der Waals surface area contributed by atoms with Crippen LogP contribution in [0.2, 0.25) is 5.02 Å². The number of benzene rings is 1. The van der Waals surface area contributed by atoms with Crippen molar-refractivity contribution in [2.24, 2.45) is 0 Å². The van der Waals surface area contributed by atoms with Crippen LogP contribution in [0.3, 0.4) is 0 Å². The van der Waals surface area contributed by atoms with Crippen molar-refractivity contribution in [3.8, 4) is 0 Å². The Morgan fingerprint density at radius 3 is 2.47 bits per heavy atom. The fourth-order valence-corrected chi connectivity index (χ4v) is 1.78. The molecule has 0 amide bonds. The van der Waals surface area contributed by atoms with E-state index in [0.717, 1.165) is 18.5 Å². The summed E-state index contributed by atoms with van der Waals surface area (Å²) >= 11 is 5.84. The predicted molar refractivity (Wildman–Crippen MR) is 69.1 cm³/mol. The van der Waals surface area contributed by atoms with E-state index < -0.39 is 5.54 Å². The van der Waals surface area contributed by atoms with Gasteiger partial charge in [-0.15, -0.1) is 0 Å². The van der Waals surface area contributed by atoms with Crippen LogP contribution >= 0.6 is 11.6 Å². The minimum Gasteiger partial charge on any atom is -0.467 e. The van der Waals surface area contributed by atoms with Gasteiger partial charge in [0.1, 0.15) is 5.54 Å². The molecule has 0 aliphatic rings. The van der Waals surface area contributed by atoms with E-state index in [1.807, 2.05) is 26.0 Å². The van der Waals surface area contributed by atoms with Crippen molar-refractivity contribution >= 4 is 17.6 Å². The van der Waals surface area contributed by atoms with Crippen LogP contribution < -0.4 is 5.32 Å². The van der Waals surface area contributed by atoms with Crippen LogP contribution in [0.25, 0.3) is 0 Å². The molecule has 0 aliphatic heterocycles. The summed E-state index contributed by atoms with van der Waals surface area (Å²) in [6.45, 7) is 4.61. The Morgan fingerprint density at radius 1 is 1.41 bits per heavy atom. The lowest BCUT2D eigenvalue weighted by Gasteiger charge is -2.28. The van der Waals surface area contributed by atoms with E-state index in [1.54, 1.807) is 12.1 Å². The van der Waals surface area contributed by atoms with Crippen LogP contribution in [-0.4, -0.2) is 19.6 Å². The highest BCUT2D eigenvalue weighted by Crippen LogP contribution is 2.24. The Morgan fingerprint density at radius 2 is 2.00 bits per heavy atom. The van der Waals surface area contributed by atoms with Gasteiger partial charge in [-0.1, -0.05) is 30.7 Å². The number of methoxy groups -OCH3 is 1. The molecule has 4 heteroatoms. The first-order valence-electron chi connectivity index (χ1n) is 5.64. The molecule has 1 N–H and O–H groups in total. The van der Waals surface area contributed by atoms with E-state index in [4.69, 9.17) is 16.3 Å². The van der Waals surface area contributed by atoms with Crippen LogP contribution in [-0.2, 0) is 15.1 Å². The first-order chi connectivity index (χ1) is 8.04. The highest BCUT2D eigenvalue weighted by molar-refractivity contribution is 6.30. The number of hydrogen-bond donors (Lipinski definition) is 1. The summed E-state index contributed by atoms with van der Waals surface area (Å²) < 4.78 is 4.86. The van der Waals surface area contributed by atoms with Gasteiger partial charge in [-0.25, -0.2) is 4.79 Å². The maximum absolute atomic E-state index is 11.9. The topological polar surface area (TPSA) is 38.3 Å². The molecular formula is C13H18ClNO2. The quantitative estimate of drug-likeness (QED) is 0.823. The summed E-state index contributed by atoms with van der Waals surface area (Å²) in [5.74, 6) is -0.298. The van der Waals surface area contributed by atoms with Gasteiger partial charge >= 0.3 is 5.97 Å². The summed E-state index contributed by atoms with van der Waals surface area (Å²) in [4.78, 5) is 11.9. The SMILES string of the molecule is CCCNC(C)(C(=O)OC)c1ccc(Cl)cc1. The van der Waals surface area contributed by atoms with Crippen LogP contribution in [0.4, 0.5) is 0 Å². The second-order valence-electron chi connectivity index (χ2n) is 4.05. The van der Waals surface area contributed by atoms with E-state index in [-0.39, 0.29) is 5.97 Å². The zero-order valence-electron chi connectivity index (χ0n) is 10.4. The maximum atomic E-state index is 11.9. The van der Waals surface area contributed by atoms with Gasteiger partial charge in [0.15, 0.2) is 0 Å². The molecule has 0 saturated carbocycles. The lowest BCUT2D eigenvalue weighted by atomic mass is 9.92. The number of carbonyl (C=O) groups excluding carboxylic acids is 1. The lowest BCUT2D eigenvalue weighted by Crippen LogP contribution is -2.47. The third-order valence-corrected chi connectivity index (χ3v) is 3.00. The Bertz CT molecular complexity index is 378. The minimum atomic E-state index is -0.824. The lowest BCUT2D eigenvalue weighted by molar-refractivity contribution is -0.148. The van der Waals surface area contributed by atoms with E-state index >= 15 is 0 Å². The first kappa shape index (κ1) is 14.0. The molecule has 1 aromatic rings. The van der Waals surface area contributed by atoms with Crippen molar-refractivity contribution in [2.75, 3.05) is 13.7 Å². The van der Waals surface area contributed by atoms with Crippen molar-refractivity contribution in [3.63, 3.8) is 0 Å². The van der Waals surface area contributed by atoms with Gasteiger partial charge in [0.2, 0.25) is 0 Å². The Kier molecular flexibility index (Phi) is 4.97. The monoisotopic (exact) mass is 255 g/mol. The van der Waals surface area contributed by atoms with Gasteiger partial charge in [0.25, 0.3) is 0 Å². The molecule has 17 heavy (non-hydrogen) atoms. The molecule has 94 valence electrons. The van der Waals surface area contributed by atoms with E-state index in [2.05, 4.69) is 5.32 Å². The second-order valence-corrected chi connectivity index (χ2v) is 4.49. The summed E-state index contributed by atoms with van der Waals surface area (Å²) in [6.07, 6.45) is 0.945. The number of halogens is 1. The molecule has 0 spiro atoms. The number of ether oxygens (including phenoxy) is 1. The molecule has 0 bridgehead atoms. The van der Waals surface area contributed by atoms with Gasteiger partial charge in [0, 0.05) is 5.02 Å². The van der Waals surface area contributed by atoms with E-state index in [1.165, 1.54) is 7.11 Å². The summed E-state index contributed by atoms with van der Waals surface area (Å²) in [5.41, 5.74) is 0.0252. The van der Waals surface area contributed by atoms with Crippen molar-refractivity contribution in [3.05, 3.63) is 34.9 Å². The normalized spacial score (nSPS) is 14.1. The average molecular weight is 256 g/mol. The van der Waals surface area contributed by atoms with Gasteiger partial charge < -0.3 is 4.74 Å². The number of esters is 1. The molecule has 1 aromatic carbocycles. The third-order valence-electron chi connectivity index (χ3n) is 2.74. The first-order valence-corrected chi connectivity index (χ1v) is 6.02. The molecule has 1 unspecified atom stereocenters. The molecule has 0 heterocycles. The van der Waals surface area contributed by atoms with Crippen LogP contribution in [0.1, 0.15) is 25.8 Å². The zero-order valence-corrected chi connectivity index (χ0v) is 11.2. The van der Waals surface area contributed by atoms with Gasteiger partial charge in [0.05, 0.1) is 7.11 Å². The number of carbonyl (C=O) groups is 1. The van der Waals surface area contributed by atoms with Crippen molar-refractivity contribution in [1.29, 1.82) is 0 Å². The van der Waals surface area contributed by atoms with E-state index in [0.29, 0.717) is 5.02 Å². The van der Waals surface area contributed by atoms with Crippen LogP contribution in [0.15, 0.2) is 24.3 Å². The fourth-order valence-electron chi connectivity index (χ4n) is 1.65. The van der Waals surface area contributed by atoms with Crippen molar-refractivity contribution in [1.82, 2.24) is 5.32 Å². The van der Waals surface area contributed by atoms with Gasteiger partial charge in [-0.3, -0.25) is 5.32 Å². The Hall–Kier alpha value is -1.06. The molecule has 0 aromatic heterocycles. The second kappa shape index (κ2) is 6.03. The maximum Gasteiger partial charge on any atom is 0.330 e. The molecule has 1 rings (SSSR count). The summed E-state index contributed by atoms with van der Waals surface area (Å²) in [6, 6.07) is 7.21. The molecule has 0 aliphatic carbocycles. The van der Waals surface area contributed by atoms with Crippen molar-refractivity contribution in [2.45, 2.75) is 25.8 Å². The fraction of sp³-hybridized carbons (Fsp3) is 0.462. The molecule has 1 atom stereocenters. The zero-order chi connectivity index (χ0) is 12.9. The van der Waals surface area contributed by atoms with Crippen molar-refractivity contribution < 1.29 is 9.53 Å². The largest absolute Gasteiger partial charge is 0.467 e. The van der Waals surface area contributed by atoms with Crippen LogP contribution in [0.5, 0.6) is 0 Å². The molecule has 0 fully saturated rings.